The van der Waals surface area contributed by atoms with E-state index in [0.717, 1.165) is 31.5 Å². The molecule has 0 radical (unpaired) electrons. The number of piperidine rings is 1. The van der Waals surface area contributed by atoms with Crippen LogP contribution < -0.4 is 16.0 Å². The fourth-order valence-electron chi connectivity index (χ4n) is 3.07. The van der Waals surface area contributed by atoms with Crippen LogP contribution in [0, 0.1) is 0 Å². The molecule has 0 spiro atoms. The Kier molecular flexibility index (Phi) is 4.93. The summed E-state index contributed by atoms with van der Waals surface area (Å²) in [6, 6.07) is 19.4. The molecule has 1 amide bonds. The van der Waals surface area contributed by atoms with Gasteiger partial charge in [-0.1, -0.05) is 48.5 Å². The van der Waals surface area contributed by atoms with Gasteiger partial charge in [-0.25, -0.2) is 0 Å². The largest absolute Gasteiger partial charge is 0.369 e. The number of rotatable bonds is 4. The predicted octanol–water partition coefficient (Wildman–Crippen LogP) is 2.47. The Morgan fingerprint density at radius 2 is 1.74 bits per heavy atom. The SMILES string of the molecule is NC(C(=O)NC1CCCN(c2ccccc2)C1)c1ccccc1. The molecule has 2 aromatic carbocycles. The van der Waals surface area contributed by atoms with Crippen molar-refractivity contribution in [3.63, 3.8) is 0 Å². The first kappa shape index (κ1) is 15.6. The molecule has 0 aliphatic carbocycles. The van der Waals surface area contributed by atoms with Crippen molar-refractivity contribution in [1.29, 1.82) is 0 Å². The lowest BCUT2D eigenvalue weighted by Crippen LogP contribution is -2.49. The summed E-state index contributed by atoms with van der Waals surface area (Å²) in [4.78, 5) is 14.7. The smallest absolute Gasteiger partial charge is 0.241 e. The lowest BCUT2D eigenvalue weighted by molar-refractivity contribution is -0.123. The van der Waals surface area contributed by atoms with Gasteiger partial charge in [-0.2, -0.15) is 0 Å². The summed E-state index contributed by atoms with van der Waals surface area (Å²) in [5.74, 6) is -0.101. The first-order valence-electron chi connectivity index (χ1n) is 8.15. The number of carbonyl (C=O) groups is 1. The van der Waals surface area contributed by atoms with E-state index < -0.39 is 6.04 Å². The zero-order chi connectivity index (χ0) is 16.1. The zero-order valence-corrected chi connectivity index (χ0v) is 13.2. The molecular weight excluding hydrogens is 286 g/mol. The second-order valence-electron chi connectivity index (χ2n) is 6.02. The summed E-state index contributed by atoms with van der Waals surface area (Å²) >= 11 is 0. The van der Waals surface area contributed by atoms with E-state index in [2.05, 4.69) is 22.3 Å². The average Bonchev–Trinajstić information content (AvgIpc) is 2.63. The fraction of sp³-hybridized carbons (Fsp3) is 0.316. The van der Waals surface area contributed by atoms with E-state index in [0.29, 0.717) is 0 Å². The maximum atomic E-state index is 12.4. The first-order chi connectivity index (χ1) is 11.2. The van der Waals surface area contributed by atoms with Gasteiger partial charge in [0.2, 0.25) is 5.91 Å². The molecule has 0 bridgehead atoms. The molecule has 0 saturated carbocycles. The molecule has 4 nitrogen and oxygen atoms in total. The van der Waals surface area contributed by atoms with Crippen LogP contribution in [0.3, 0.4) is 0 Å². The lowest BCUT2D eigenvalue weighted by atomic mass is 10.0. The van der Waals surface area contributed by atoms with E-state index >= 15 is 0 Å². The quantitative estimate of drug-likeness (QED) is 0.912. The van der Waals surface area contributed by atoms with Gasteiger partial charge in [0, 0.05) is 24.8 Å². The van der Waals surface area contributed by atoms with Gasteiger partial charge >= 0.3 is 0 Å². The molecule has 1 aliphatic rings. The van der Waals surface area contributed by atoms with E-state index in [1.807, 2.05) is 48.5 Å². The van der Waals surface area contributed by atoms with Crippen molar-refractivity contribution in [2.45, 2.75) is 24.9 Å². The number of carbonyl (C=O) groups excluding carboxylic acids is 1. The number of hydrogen-bond acceptors (Lipinski definition) is 3. The molecule has 1 heterocycles. The minimum absolute atomic E-state index is 0.101. The normalized spacial score (nSPS) is 19.2. The number of para-hydroxylation sites is 1. The molecule has 2 unspecified atom stereocenters. The molecule has 4 heteroatoms. The first-order valence-corrected chi connectivity index (χ1v) is 8.15. The van der Waals surface area contributed by atoms with E-state index in [-0.39, 0.29) is 11.9 Å². The van der Waals surface area contributed by atoms with Crippen molar-refractivity contribution >= 4 is 11.6 Å². The van der Waals surface area contributed by atoms with Crippen LogP contribution in [-0.4, -0.2) is 25.0 Å². The Morgan fingerprint density at radius 3 is 2.43 bits per heavy atom. The van der Waals surface area contributed by atoms with Gasteiger partial charge in [-0.3, -0.25) is 4.79 Å². The second kappa shape index (κ2) is 7.29. The van der Waals surface area contributed by atoms with E-state index in [9.17, 15) is 4.79 Å². The summed E-state index contributed by atoms with van der Waals surface area (Å²) in [6.07, 6.45) is 2.07. The Balaban J connectivity index is 1.60. The van der Waals surface area contributed by atoms with Crippen LogP contribution in [-0.2, 0) is 4.79 Å². The standard InChI is InChI=1S/C19H23N3O/c20-18(15-8-3-1-4-9-15)19(23)21-16-10-7-13-22(14-16)17-11-5-2-6-12-17/h1-6,8-9,11-12,16,18H,7,10,13-14,20H2,(H,21,23). The molecule has 23 heavy (non-hydrogen) atoms. The van der Waals surface area contributed by atoms with Crippen LogP contribution in [0.5, 0.6) is 0 Å². The Hall–Kier alpha value is -2.33. The maximum Gasteiger partial charge on any atom is 0.241 e. The summed E-state index contributed by atoms with van der Waals surface area (Å²) in [5, 5.41) is 3.11. The number of anilines is 1. The number of nitrogens with one attached hydrogen (secondary N) is 1. The molecule has 1 aliphatic heterocycles. The molecule has 1 fully saturated rings. The third-order valence-electron chi connectivity index (χ3n) is 4.33. The third-order valence-corrected chi connectivity index (χ3v) is 4.33. The van der Waals surface area contributed by atoms with Crippen molar-refractivity contribution < 1.29 is 4.79 Å². The monoisotopic (exact) mass is 309 g/mol. The lowest BCUT2D eigenvalue weighted by Gasteiger charge is -2.35. The highest BCUT2D eigenvalue weighted by atomic mass is 16.2. The summed E-state index contributed by atoms with van der Waals surface area (Å²) < 4.78 is 0. The van der Waals surface area contributed by atoms with Crippen molar-refractivity contribution in [2.24, 2.45) is 5.73 Å². The van der Waals surface area contributed by atoms with Crippen LogP contribution >= 0.6 is 0 Å². The highest BCUT2D eigenvalue weighted by molar-refractivity contribution is 5.83. The minimum atomic E-state index is -0.608. The molecular formula is C19H23N3O. The van der Waals surface area contributed by atoms with Crippen molar-refractivity contribution in [2.75, 3.05) is 18.0 Å². The van der Waals surface area contributed by atoms with E-state index in [1.54, 1.807) is 0 Å². The number of nitrogens with two attached hydrogens (primary N) is 1. The summed E-state index contributed by atoms with van der Waals surface area (Å²) in [7, 11) is 0. The van der Waals surface area contributed by atoms with Gasteiger partial charge in [0.1, 0.15) is 6.04 Å². The maximum absolute atomic E-state index is 12.4. The molecule has 1 saturated heterocycles. The highest BCUT2D eigenvalue weighted by Crippen LogP contribution is 2.20. The van der Waals surface area contributed by atoms with Crippen LogP contribution in [0.1, 0.15) is 24.4 Å². The second-order valence-corrected chi connectivity index (χ2v) is 6.02. The van der Waals surface area contributed by atoms with Gasteiger partial charge in [0.25, 0.3) is 0 Å². The zero-order valence-electron chi connectivity index (χ0n) is 13.2. The topological polar surface area (TPSA) is 58.4 Å². The van der Waals surface area contributed by atoms with Crippen molar-refractivity contribution in [1.82, 2.24) is 5.32 Å². The molecule has 2 aromatic rings. The number of hydrogen-bond donors (Lipinski definition) is 2. The van der Waals surface area contributed by atoms with Crippen LogP contribution in [0.2, 0.25) is 0 Å². The minimum Gasteiger partial charge on any atom is -0.369 e. The summed E-state index contributed by atoms with van der Waals surface area (Å²) in [6.45, 7) is 1.86. The van der Waals surface area contributed by atoms with Gasteiger partial charge < -0.3 is 16.0 Å². The fourth-order valence-corrected chi connectivity index (χ4v) is 3.07. The van der Waals surface area contributed by atoms with Crippen LogP contribution in [0.15, 0.2) is 60.7 Å². The summed E-state index contributed by atoms with van der Waals surface area (Å²) in [5.41, 5.74) is 8.13. The van der Waals surface area contributed by atoms with Crippen molar-refractivity contribution in [3.8, 4) is 0 Å². The molecule has 3 rings (SSSR count). The third kappa shape index (κ3) is 3.90. The Morgan fingerprint density at radius 1 is 1.09 bits per heavy atom. The van der Waals surface area contributed by atoms with Crippen molar-refractivity contribution in [3.05, 3.63) is 66.2 Å². The van der Waals surface area contributed by atoms with Gasteiger partial charge in [0.05, 0.1) is 0 Å². The highest BCUT2D eigenvalue weighted by Gasteiger charge is 2.24. The van der Waals surface area contributed by atoms with Gasteiger partial charge in [-0.15, -0.1) is 0 Å². The molecule has 3 N–H and O–H groups in total. The number of nitrogens with zero attached hydrogens (tertiary/aromatic N) is 1. The number of amides is 1. The molecule has 2 atom stereocenters. The number of benzene rings is 2. The molecule has 0 aromatic heterocycles. The predicted molar refractivity (Wildman–Crippen MR) is 93.2 cm³/mol. The van der Waals surface area contributed by atoms with Crippen LogP contribution in [0.25, 0.3) is 0 Å². The Labute approximate surface area is 137 Å². The Bertz CT molecular complexity index is 630. The van der Waals surface area contributed by atoms with Crippen LogP contribution in [0.4, 0.5) is 5.69 Å². The van der Waals surface area contributed by atoms with Gasteiger partial charge in [0.15, 0.2) is 0 Å². The van der Waals surface area contributed by atoms with Gasteiger partial charge in [-0.05, 0) is 30.5 Å². The van der Waals surface area contributed by atoms with E-state index in [1.165, 1.54) is 5.69 Å². The average molecular weight is 309 g/mol. The van der Waals surface area contributed by atoms with E-state index in [4.69, 9.17) is 5.73 Å². The molecule has 120 valence electrons.